The Morgan fingerprint density at radius 3 is 1.44 bits per heavy atom. The zero-order valence-electron chi connectivity index (χ0n) is 28.4. The van der Waals surface area contributed by atoms with Gasteiger partial charge in [0.1, 0.15) is 0 Å². The Bertz CT molecular complexity index is 980. The fourth-order valence-corrected chi connectivity index (χ4v) is 5.88. The molecule has 0 bridgehead atoms. The molecule has 3 aromatic rings. The number of rotatable bonds is 3. The van der Waals surface area contributed by atoms with E-state index in [-0.39, 0.29) is 6.10 Å². The lowest BCUT2D eigenvalue weighted by Gasteiger charge is -2.30. The third kappa shape index (κ3) is 13.8. The van der Waals surface area contributed by atoms with Crippen LogP contribution in [0.2, 0.25) is 0 Å². The monoisotopic (exact) mass is 587 g/mol. The standard InChI is InChI=1S/2C12H17N.C11H15NO.2C2H6/c1-13-9-5-8-12(10-13)11-6-3-2-4-7-11;1-13-9-7-12(8-10-13)11-5-3-2-4-6-11;1-12-7-8-13-11(9-12)10-5-3-2-4-6-10;2*1-2/h2-4,6-7,12H,5,8-10H2,1H3;2-6,12H,7-10H2,1H3;2-6,11H,7-9H2,1H3;2*1-2H3. The molecule has 3 aromatic carbocycles. The molecule has 0 aromatic heterocycles. The largest absolute Gasteiger partial charge is 0.371 e. The van der Waals surface area contributed by atoms with Gasteiger partial charge in [-0.1, -0.05) is 119 Å². The lowest BCUT2D eigenvalue weighted by Crippen LogP contribution is -2.35. The SMILES string of the molecule is CC.CC.CN1CCC(c2ccccc2)CC1.CN1CCCC(c2ccccc2)C1.CN1CCOC(c2ccccc2)C1. The Balaban J connectivity index is 0.000000212. The van der Waals surface area contributed by atoms with Crippen molar-refractivity contribution in [3.05, 3.63) is 108 Å². The van der Waals surface area contributed by atoms with E-state index in [0.29, 0.717) is 0 Å². The van der Waals surface area contributed by atoms with Crippen LogP contribution in [-0.4, -0.2) is 81.7 Å². The second kappa shape index (κ2) is 22.1. The predicted molar refractivity (Wildman–Crippen MR) is 187 cm³/mol. The Hall–Kier alpha value is -2.50. The van der Waals surface area contributed by atoms with Crippen LogP contribution >= 0.6 is 0 Å². The summed E-state index contributed by atoms with van der Waals surface area (Å²) in [7, 11) is 6.56. The molecule has 3 fully saturated rings. The number of benzene rings is 3. The molecule has 43 heavy (non-hydrogen) atoms. The molecule has 0 saturated carbocycles. The van der Waals surface area contributed by atoms with Crippen LogP contribution in [0.5, 0.6) is 0 Å². The van der Waals surface area contributed by atoms with Gasteiger partial charge in [-0.25, -0.2) is 0 Å². The predicted octanol–water partition coefficient (Wildman–Crippen LogP) is 8.73. The number of morpholine rings is 1. The summed E-state index contributed by atoms with van der Waals surface area (Å²) in [5.74, 6) is 1.57. The van der Waals surface area contributed by atoms with E-state index < -0.39 is 0 Å². The van der Waals surface area contributed by atoms with Gasteiger partial charge < -0.3 is 19.4 Å². The lowest BCUT2D eigenvalue weighted by atomic mass is 9.90. The minimum Gasteiger partial charge on any atom is -0.371 e. The highest BCUT2D eigenvalue weighted by Gasteiger charge is 2.19. The molecule has 0 aliphatic carbocycles. The van der Waals surface area contributed by atoms with Crippen molar-refractivity contribution in [2.24, 2.45) is 0 Å². The fraction of sp³-hybridized carbons (Fsp3) is 0.538. The van der Waals surface area contributed by atoms with E-state index in [9.17, 15) is 0 Å². The summed E-state index contributed by atoms with van der Waals surface area (Å²) in [6.45, 7) is 15.9. The lowest BCUT2D eigenvalue weighted by molar-refractivity contribution is -0.0208. The zero-order valence-corrected chi connectivity index (χ0v) is 28.4. The van der Waals surface area contributed by atoms with Gasteiger partial charge in [-0.05, 0) is 95.0 Å². The molecule has 0 radical (unpaired) electrons. The molecule has 0 spiro atoms. The van der Waals surface area contributed by atoms with Gasteiger partial charge >= 0.3 is 0 Å². The number of likely N-dealkylation sites (tertiary alicyclic amines) is 2. The van der Waals surface area contributed by atoms with Crippen molar-refractivity contribution >= 4 is 0 Å². The molecule has 3 heterocycles. The van der Waals surface area contributed by atoms with E-state index in [1.54, 1.807) is 0 Å². The average Bonchev–Trinajstić information content (AvgIpc) is 3.09. The first kappa shape index (κ1) is 36.7. The summed E-state index contributed by atoms with van der Waals surface area (Å²) in [6.07, 6.45) is 5.60. The van der Waals surface area contributed by atoms with E-state index in [0.717, 1.165) is 31.5 Å². The van der Waals surface area contributed by atoms with Crippen LogP contribution in [0.4, 0.5) is 0 Å². The minimum atomic E-state index is 0.264. The van der Waals surface area contributed by atoms with Crippen molar-refractivity contribution in [3.8, 4) is 0 Å². The molecule has 3 saturated heterocycles. The number of likely N-dealkylation sites (N-methyl/N-ethyl adjacent to an activating group) is 2. The van der Waals surface area contributed by atoms with E-state index in [1.807, 2.05) is 33.8 Å². The summed E-state index contributed by atoms with van der Waals surface area (Å²) in [6, 6.07) is 32.2. The normalized spacial score (nSPS) is 21.3. The van der Waals surface area contributed by atoms with Crippen LogP contribution in [-0.2, 0) is 4.74 Å². The van der Waals surface area contributed by atoms with Crippen molar-refractivity contribution in [1.29, 1.82) is 0 Å². The number of hydrogen-bond donors (Lipinski definition) is 0. The van der Waals surface area contributed by atoms with Crippen LogP contribution in [0, 0.1) is 0 Å². The maximum absolute atomic E-state index is 5.69. The van der Waals surface area contributed by atoms with Crippen molar-refractivity contribution < 1.29 is 4.74 Å². The molecule has 2 atom stereocenters. The van der Waals surface area contributed by atoms with Gasteiger partial charge in [0.2, 0.25) is 0 Å². The number of ether oxygens (including phenoxy) is 1. The highest BCUT2D eigenvalue weighted by Crippen LogP contribution is 2.27. The van der Waals surface area contributed by atoms with Crippen molar-refractivity contribution in [2.45, 2.75) is 71.3 Å². The van der Waals surface area contributed by atoms with Gasteiger partial charge in [-0.3, -0.25) is 0 Å². The molecular weight excluding hydrogens is 526 g/mol. The highest BCUT2D eigenvalue weighted by atomic mass is 16.5. The molecule has 238 valence electrons. The summed E-state index contributed by atoms with van der Waals surface area (Å²) in [5.41, 5.74) is 4.32. The van der Waals surface area contributed by atoms with Crippen LogP contribution in [0.1, 0.15) is 88.0 Å². The molecule has 0 N–H and O–H groups in total. The van der Waals surface area contributed by atoms with E-state index in [2.05, 4.69) is 121 Å². The smallest absolute Gasteiger partial charge is 0.0952 e. The summed E-state index contributed by atoms with van der Waals surface area (Å²) < 4.78 is 5.69. The molecule has 4 heteroatoms. The Kier molecular flexibility index (Phi) is 18.8. The number of hydrogen-bond acceptors (Lipinski definition) is 4. The van der Waals surface area contributed by atoms with E-state index >= 15 is 0 Å². The first-order chi connectivity index (χ1) is 21.1. The molecule has 0 amide bonds. The Labute approximate surface area is 265 Å². The topological polar surface area (TPSA) is 19.0 Å². The third-order valence-electron chi connectivity index (χ3n) is 8.33. The fourth-order valence-electron chi connectivity index (χ4n) is 5.88. The van der Waals surface area contributed by atoms with Gasteiger partial charge in [0.05, 0.1) is 12.7 Å². The molecule has 3 aliphatic heterocycles. The summed E-state index contributed by atoms with van der Waals surface area (Å²) in [5, 5.41) is 0. The maximum atomic E-state index is 5.69. The number of piperidine rings is 2. The van der Waals surface area contributed by atoms with Gasteiger partial charge in [-0.15, -0.1) is 0 Å². The van der Waals surface area contributed by atoms with Crippen LogP contribution < -0.4 is 0 Å². The summed E-state index contributed by atoms with van der Waals surface area (Å²) in [4.78, 5) is 7.15. The average molecular weight is 588 g/mol. The van der Waals surface area contributed by atoms with E-state index in [4.69, 9.17) is 4.74 Å². The Morgan fingerprint density at radius 2 is 0.953 bits per heavy atom. The first-order valence-electron chi connectivity index (χ1n) is 16.9. The van der Waals surface area contributed by atoms with Crippen LogP contribution in [0.25, 0.3) is 0 Å². The van der Waals surface area contributed by atoms with Crippen LogP contribution in [0.15, 0.2) is 91.0 Å². The quantitative estimate of drug-likeness (QED) is 0.305. The van der Waals surface area contributed by atoms with Crippen molar-refractivity contribution in [1.82, 2.24) is 14.7 Å². The van der Waals surface area contributed by atoms with Crippen LogP contribution in [0.3, 0.4) is 0 Å². The van der Waals surface area contributed by atoms with Crippen molar-refractivity contribution in [2.75, 3.05) is 67.0 Å². The molecule has 3 aliphatic rings. The highest BCUT2D eigenvalue weighted by molar-refractivity contribution is 5.21. The molecular formula is C39H61N3O. The van der Waals surface area contributed by atoms with Gasteiger partial charge in [-0.2, -0.15) is 0 Å². The van der Waals surface area contributed by atoms with Gasteiger partial charge in [0.25, 0.3) is 0 Å². The number of nitrogens with zero attached hydrogens (tertiary/aromatic N) is 3. The molecule has 6 rings (SSSR count). The Morgan fingerprint density at radius 1 is 0.488 bits per heavy atom. The second-order valence-corrected chi connectivity index (χ2v) is 11.5. The minimum absolute atomic E-state index is 0.264. The molecule has 2 unspecified atom stereocenters. The molecule has 4 nitrogen and oxygen atoms in total. The van der Waals surface area contributed by atoms with E-state index in [1.165, 1.54) is 68.6 Å². The summed E-state index contributed by atoms with van der Waals surface area (Å²) >= 11 is 0. The third-order valence-corrected chi connectivity index (χ3v) is 8.33. The van der Waals surface area contributed by atoms with Gasteiger partial charge in [0, 0.05) is 19.6 Å². The zero-order chi connectivity index (χ0) is 31.3. The second-order valence-electron chi connectivity index (χ2n) is 11.5. The first-order valence-corrected chi connectivity index (χ1v) is 16.9. The van der Waals surface area contributed by atoms with Gasteiger partial charge in [0.15, 0.2) is 0 Å². The van der Waals surface area contributed by atoms with Crippen molar-refractivity contribution in [3.63, 3.8) is 0 Å². The maximum Gasteiger partial charge on any atom is 0.0952 e.